The minimum Gasteiger partial charge on any atom is -0.508 e. The fourth-order valence-corrected chi connectivity index (χ4v) is 2.05. The molecule has 2 rings (SSSR count). The van der Waals surface area contributed by atoms with Gasteiger partial charge in [0, 0.05) is 24.2 Å². The van der Waals surface area contributed by atoms with Crippen LogP contribution >= 0.6 is 0 Å². The Hall–Kier alpha value is -1.71. The van der Waals surface area contributed by atoms with Crippen molar-refractivity contribution in [2.75, 3.05) is 6.54 Å². The smallest absolute Gasteiger partial charge is 0.254 e. The van der Waals surface area contributed by atoms with E-state index >= 15 is 0 Å². The number of unbranched alkanes of at least 4 members (excludes halogenated alkanes) is 1. The van der Waals surface area contributed by atoms with Gasteiger partial charge in [0.25, 0.3) is 5.91 Å². The number of nitrogens with zero attached hydrogens (tertiary/aromatic N) is 1. The van der Waals surface area contributed by atoms with Crippen molar-refractivity contribution in [3.8, 4) is 11.5 Å². The van der Waals surface area contributed by atoms with Crippen molar-refractivity contribution in [3.63, 3.8) is 0 Å². The van der Waals surface area contributed by atoms with Gasteiger partial charge in [0.1, 0.15) is 11.5 Å². The van der Waals surface area contributed by atoms with Gasteiger partial charge in [0.05, 0.1) is 0 Å². The van der Waals surface area contributed by atoms with Crippen molar-refractivity contribution in [3.05, 3.63) is 23.8 Å². The molecule has 0 spiro atoms. The third-order valence-electron chi connectivity index (χ3n) is 3.15. The zero-order chi connectivity index (χ0) is 13.1. The Balaban J connectivity index is 2.16. The number of benzene rings is 1. The molecule has 4 nitrogen and oxygen atoms in total. The third-order valence-corrected chi connectivity index (χ3v) is 3.15. The Morgan fingerprint density at radius 1 is 1.28 bits per heavy atom. The number of phenolic OH excluding ortho intramolecular Hbond substituents is 2. The SMILES string of the molecule is CCCCN(C(=O)c1cc(O)cc(O)c1)C1CC1. The van der Waals surface area contributed by atoms with Crippen LogP contribution in [0.1, 0.15) is 43.0 Å². The van der Waals surface area contributed by atoms with E-state index in [4.69, 9.17) is 0 Å². The molecule has 0 bridgehead atoms. The average Bonchev–Trinajstić information content (AvgIpc) is 3.12. The van der Waals surface area contributed by atoms with E-state index < -0.39 is 0 Å². The van der Waals surface area contributed by atoms with Crippen LogP contribution in [0.25, 0.3) is 0 Å². The monoisotopic (exact) mass is 249 g/mol. The second kappa shape index (κ2) is 5.29. The van der Waals surface area contributed by atoms with Gasteiger partial charge in [-0.2, -0.15) is 0 Å². The lowest BCUT2D eigenvalue weighted by molar-refractivity contribution is 0.0740. The Bertz CT molecular complexity index is 420. The summed E-state index contributed by atoms with van der Waals surface area (Å²) in [6.45, 7) is 2.84. The van der Waals surface area contributed by atoms with Crippen LogP contribution in [0, 0.1) is 0 Å². The van der Waals surface area contributed by atoms with E-state index in [0.29, 0.717) is 11.6 Å². The lowest BCUT2D eigenvalue weighted by atomic mass is 10.1. The molecule has 1 amide bonds. The molecule has 0 radical (unpaired) electrons. The van der Waals surface area contributed by atoms with Gasteiger partial charge < -0.3 is 15.1 Å². The first-order chi connectivity index (χ1) is 8.61. The summed E-state index contributed by atoms with van der Waals surface area (Å²) in [6.07, 6.45) is 4.13. The van der Waals surface area contributed by atoms with Gasteiger partial charge >= 0.3 is 0 Å². The minimum atomic E-state index is -0.0999. The van der Waals surface area contributed by atoms with Crippen LogP contribution in [0.15, 0.2) is 18.2 Å². The van der Waals surface area contributed by atoms with Crippen LogP contribution in [0.4, 0.5) is 0 Å². The number of phenols is 2. The molecule has 0 saturated heterocycles. The summed E-state index contributed by atoms with van der Waals surface area (Å²) >= 11 is 0. The standard InChI is InChI=1S/C14H19NO3/c1-2-3-6-15(11-4-5-11)14(18)10-7-12(16)9-13(17)8-10/h7-9,11,16-17H,2-6H2,1H3. The fourth-order valence-electron chi connectivity index (χ4n) is 2.05. The Morgan fingerprint density at radius 3 is 2.39 bits per heavy atom. The molecule has 0 aromatic heterocycles. The molecule has 1 saturated carbocycles. The van der Waals surface area contributed by atoms with Gasteiger partial charge in [-0.05, 0) is 31.4 Å². The highest BCUT2D eigenvalue weighted by molar-refractivity contribution is 5.95. The van der Waals surface area contributed by atoms with Gasteiger partial charge in [-0.1, -0.05) is 13.3 Å². The molecule has 1 aliphatic carbocycles. The van der Waals surface area contributed by atoms with Crippen molar-refractivity contribution in [1.82, 2.24) is 4.90 Å². The maximum atomic E-state index is 12.3. The number of rotatable bonds is 5. The van der Waals surface area contributed by atoms with Crippen molar-refractivity contribution in [2.45, 2.75) is 38.6 Å². The highest BCUT2D eigenvalue weighted by Crippen LogP contribution is 2.30. The van der Waals surface area contributed by atoms with Gasteiger partial charge in [-0.25, -0.2) is 0 Å². The maximum absolute atomic E-state index is 12.3. The molecule has 0 atom stereocenters. The van der Waals surface area contributed by atoms with Gasteiger partial charge in [0.15, 0.2) is 0 Å². The zero-order valence-electron chi connectivity index (χ0n) is 10.6. The summed E-state index contributed by atoms with van der Waals surface area (Å²) in [4.78, 5) is 14.2. The number of aromatic hydroxyl groups is 2. The van der Waals surface area contributed by atoms with Crippen molar-refractivity contribution < 1.29 is 15.0 Å². The van der Waals surface area contributed by atoms with Gasteiger partial charge in [-0.3, -0.25) is 4.79 Å². The molecule has 0 unspecified atom stereocenters. The predicted molar refractivity (Wildman–Crippen MR) is 68.7 cm³/mol. The van der Waals surface area contributed by atoms with E-state index in [1.165, 1.54) is 18.2 Å². The second-order valence-corrected chi connectivity index (χ2v) is 4.82. The van der Waals surface area contributed by atoms with E-state index in [1.54, 1.807) is 0 Å². The minimum absolute atomic E-state index is 0.0791. The van der Waals surface area contributed by atoms with E-state index in [2.05, 4.69) is 6.92 Å². The maximum Gasteiger partial charge on any atom is 0.254 e. The quantitative estimate of drug-likeness (QED) is 0.842. The van der Waals surface area contributed by atoms with E-state index in [-0.39, 0.29) is 17.4 Å². The molecule has 1 aliphatic rings. The van der Waals surface area contributed by atoms with Crippen LogP contribution < -0.4 is 0 Å². The normalized spacial score (nSPS) is 14.5. The molecule has 1 aromatic carbocycles. The molecule has 0 heterocycles. The first-order valence-electron chi connectivity index (χ1n) is 6.46. The number of carbonyl (C=O) groups is 1. The van der Waals surface area contributed by atoms with Crippen LogP contribution in [0.5, 0.6) is 11.5 Å². The van der Waals surface area contributed by atoms with Crippen molar-refractivity contribution in [2.24, 2.45) is 0 Å². The summed E-state index contributed by atoms with van der Waals surface area (Å²) < 4.78 is 0. The number of hydrogen-bond acceptors (Lipinski definition) is 3. The molecule has 1 fully saturated rings. The number of carbonyl (C=O) groups excluding carboxylic acids is 1. The first kappa shape index (κ1) is 12.7. The highest BCUT2D eigenvalue weighted by Gasteiger charge is 2.32. The molecule has 18 heavy (non-hydrogen) atoms. The molecule has 1 aromatic rings. The molecular formula is C14H19NO3. The zero-order valence-corrected chi connectivity index (χ0v) is 10.6. The summed E-state index contributed by atoms with van der Waals surface area (Å²) in [6, 6.07) is 4.38. The lowest BCUT2D eigenvalue weighted by Gasteiger charge is -2.22. The van der Waals surface area contributed by atoms with E-state index in [1.807, 2.05) is 4.90 Å². The lowest BCUT2D eigenvalue weighted by Crippen LogP contribution is -2.33. The van der Waals surface area contributed by atoms with Crippen LogP contribution in [-0.2, 0) is 0 Å². The predicted octanol–water partition coefficient (Wildman–Crippen LogP) is 2.50. The van der Waals surface area contributed by atoms with E-state index in [0.717, 1.165) is 32.2 Å². The van der Waals surface area contributed by atoms with Crippen molar-refractivity contribution in [1.29, 1.82) is 0 Å². The largest absolute Gasteiger partial charge is 0.508 e. The molecule has 4 heteroatoms. The molecular weight excluding hydrogens is 230 g/mol. The average molecular weight is 249 g/mol. The van der Waals surface area contributed by atoms with Crippen LogP contribution in [0.3, 0.4) is 0 Å². The van der Waals surface area contributed by atoms with Gasteiger partial charge in [0.2, 0.25) is 0 Å². The van der Waals surface area contributed by atoms with E-state index in [9.17, 15) is 15.0 Å². The summed E-state index contributed by atoms with van der Waals surface area (Å²) in [5, 5.41) is 18.8. The van der Waals surface area contributed by atoms with Crippen LogP contribution in [-0.4, -0.2) is 33.6 Å². The Morgan fingerprint density at radius 2 is 1.89 bits per heavy atom. The first-order valence-corrected chi connectivity index (χ1v) is 6.46. The van der Waals surface area contributed by atoms with Crippen molar-refractivity contribution >= 4 is 5.91 Å². The highest BCUT2D eigenvalue weighted by atomic mass is 16.3. The summed E-state index contributed by atoms with van der Waals surface area (Å²) in [5.74, 6) is -0.258. The summed E-state index contributed by atoms with van der Waals surface area (Å²) in [7, 11) is 0. The van der Waals surface area contributed by atoms with Crippen LogP contribution in [0.2, 0.25) is 0 Å². The topological polar surface area (TPSA) is 60.8 Å². The Kier molecular flexibility index (Phi) is 3.75. The van der Waals surface area contributed by atoms with Gasteiger partial charge in [-0.15, -0.1) is 0 Å². The molecule has 98 valence electrons. The second-order valence-electron chi connectivity index (χ2n) is 4.82. The third kappa shape index (κ3) is 2.94. The number of hydrogen-bond donors (Lipinski definition) is 2. The fraction of sp³-hybridized carbons (Fsp3) is 0.500. The Labute approximate surface area is 107 Å². The summed E-state index contributed by atoms with van der Waals surface area (Å²) in [5.41, 5.74) is 0.357. The molecule has 2 N–H and O–H groups in total. The molecule has 0 aliphatic heterocycles. The number of amides is 1.